The molecule has 0 saturated carbocycles. The zero-order valence-corrected chi connectivity index (χ0v) is 16.6. The summed E-state index contributed by atoms with van der Waals surface area (Å²) in [6.45, 7) is 0.753. The van der Waals surface area contributed by atoms with Gasteiger partial charge >= 0.3 is 12.0 Å². The molecule has 29 heavy (non-hydrogen) atoms. The molecule has 0 radical (unpaired) electrons. The largest absolute Gasteiger partial charge is 0.497 e. The van der Waals surface area contributed by atoms with Crippen molar-refractivity contribution in [2.24, 2.45) is 5.92 Å². The second-order valence-corrected chi connectivity index (χ2v) is 7.06. The van der Waals surface area contributed by atoms with Crippen LogP contribution in [0.3, 0.4) is 0 Å². The number of amides is 2. The fraction of sp³-hybridized carbons (Fsp3) is 0.364. The van der Waals surface area contributed by atoms with E-state index in [0.29, 0.717) is 30.9 Å². The van der Waals surface area contributed by atoms with E-state index in [1.54, 1.807) is 19.1 Å². The van der Waals surface area contributed by atoms with E-state index in [4.69, 9.17) is 9.47 Å². The number of carbonyl (C=O) groups is 2. The van der Waals surface area contributed by atoms with Gasteiger partial charge in [0.1, 0.15) is 11.5 Å². The number of hydrogen-bond acceptors (Lipinski definition) is 4. The van der Waals surface area contributed by atoms with Crippen LogP contribution >= 0.6 is 0 Å². The number of nitrogens with zero attached hydrogens (tertiary/aromatic N) is 1. The summed E-state index contributed by atoms with van der Waals surface area (Å²) in [6.07, 6.45) is 1.27. The van der Waals surface area contributed by atoms with Crippen molar-refractivity contribution in [3.05, 3.63) is 59.7 Å². The van der Waals surface area contributed by atoms with Gasteiger partial charge in [0.15, 0.2) is 0 Å². The average Bonchev–Trinajstić information content (AvgIpc) is 2.77. The minimum Gasteiger partial charge on any atom is -0.497 e. The standard InChI is InChI=1S/C22H26N2O5/c1-28-18-9-3-6-15(12-18)20(16-7-4-10-19(13-16)29-2)23-22(27)24-11-5-8-17(14-24)21(25)26/h3-4,6-7,9-10,12-13,17,20H,5,8,11,14H2,1-2H3,(H,23,27)(H,25,26). The van der Waals surface area contributed by atoms with E-state index < -0.39 is 17.9 Å². The molecule has 1 atom stereocenters. The van der Waals surface area contributed by atoms with Gasteiger partial charge in [0.2, 0.25) is 0 Å². The molecule has 1 fully saturated rings. The molecule has 2 amide bonds. The number of carboxylic acids is 1. The van der Waals surface area contributed by atoms with Gasteiger partial charge in [0.25, 0.3) is 0 Å². The molecule has 1 unspecified atom stereocenters. The topological polar surface area (TPSA) is 88.1 Å². The minimum atomic E-state index is -0.861. The van der Waals surface area contributed by atoms with E-state index in [1.807, 2.05) is 48.5 Å². The van der Waals surface area contributed by atoms with Gasteiger partial charge in [-0.1, -0.05) is 24.3 Å². The van der Waals surface area contributed by atoms with E-state index in [-0.39, 0.29) is 12.6 Å². The maximum atomic E-state index is 13.0. The third-order valence-electron chi connectivity index (χ3n) is 5.18. The Labute approximate surface area is 170 Å². The van der Waals surface area contributed by atoms with Crippen molar-refractivity contribution in [1.29, 1.82) is 0 Å². The summed E-state index contributed by atoms with van der Waals surface area (Å²) in [7, 11) is 3.19. The fourth-order valence-corrected chi connectivity index (χ4v) is 3.58. The van der Waals surface area contributed by atoms with E-state index >= 15 is 0 Å². The number of hydrogen-bond donors (Lipinski definition) is 2. The van der Waals surface area contributed by atoms with Gasteiger partial charge in [-0.05, 0) is 48.2 Å². The summed E-state index contributed by atoms with van der Waals surface area (Å²) in [5.74, 6) is -0.0108. The SMILES string of the molecule is COc1cccc(C(NC(=O)N2CCCC(C(=O)O)C2)c2cccc(OC)c2)c1. The van der Waals surface area contributed by atoms with Crippen LogP contribution in [0.1, 0.15) is 30.0 Å². The highest BCUT2D eigenvalue weighted by Crippen LogP contribution is 2.28. The van der Waals surface area contributed by atoms with Gasteiger partial charge in [0, 0.05) is 13.1 Å². The number of carboxylic acid groups (broad SMARTS) is 1. The summed E-state index contributed by atoms with van der Waals surface area (Å²) in [5, 5.41) is 12.4. The molecule has 2 aromatic carbocycles. The molecule has 2 N–H and O–H groups in total. The van der Waals surface area contributed by atoms with Gasteiger partial charge in [-0.2, -0.15) is 0 Å². The number of benzene rings is 2. The van der Waals surface area contributed by atoms with Crippen LogP contribution in [0, 0.1) is 5.92 Å². The number of aliphatic carboxylic acids is 1. The van der Waals surface area contributed by atoms with E-state index in [9.17, 15) is 14.7 Å². The van der Waals surface area contributed by atoms with Crippen LogP contribution in [-0.4, -0.2) is 49.3 Å². The van der Waals surface area contributed by atoms with Crippen LogP contribution in [0.5, 0.6) is 11.5 Å². The van der Waals surface area contributed by atoms with Gasteiger partial charge in [-0.3, -0.25) is 4.79 Å². The van der Waals surface area contributed by atoms with Crippen molar-refractivity contribution >= 4 is 12.0 Å². The summed E-state index contributed by atoms with van der Waals surface area (Å²) in [5.41, 5.74) is 1.72. The first-order chi connectivity index (χ1) is 14.0. The number of likely N-dealkylation sites (tertiary alicyclic amines) is 1. The molecular weight excluding hydrogens is 372 g/mol. The van der Waals surface area contributed by atoms with Crippen LogP contribution in [0.25, 0.3) is 0 Å². The van der Waals surface area contributed by atoms with E-state index in [0.717, 1.165) is 11.1 Å². The number of carbonyl (C=O) groups excluding carboxylic acids is 1. The molecular formula is C22H26N2O5. The second-order valence-electron chi connectivity index (χ2n) is 7.06. The van der Waals surface area contributed by atoms with Crippen molar-refractivity contribution in [2.75, 3.05) is 27.3 Å². The first kappa shape index (κ1) is 20.5. The lowest BCUT2D eigenvalue weighted by Crippen LogP contribution is -2.48. The Morgan fingerprint density at radius 1 is 1.07 bits per heavy atom. The molecule has 154 valence electrons. The normalized spacial score (nSPS) is 16.4. The molecule has 2 aromatic rings. The number of rotatable bonds is 6. The maximum Gasteiger partial charge on any atom is 0.318 e. The molecule has 0 aliphatic carbocycles. The average molecular weight is 398 g/mol. The summed E-state index contributed by atoms with van der Waals surface area (Å²) >= 11 is 0. The van der Waals surface area contributed by atoms with Crippen LogP contribution in [0.2, 0.25) is 0 Å². The molecule has 1 aliphatic heterocycles. The van der Waals surface area contributed by atoms with Crippen molar-refractivity contribution in [2.45, 2.75) is 18.9 Å². The Kier molecular flexibility index (Phi) is 6.59. The van der Waals surface area contributed by atoms with Gasteiger partial charge in [-0.25, -0.2) is 4.79 Å². The molecule has 3 rings (SSSR count). The highest BCUT2D eigenvalue weighted by atomic mass is 16.5. The van der Waals surface area contributed by atoms with Gasteiger partial charge < -0.3 is 24.8 Å². The highest BCUT2D eigenvalue weighted by Gasteiger charge is 2.29. The molecule has 0 spiro atoms. The molecule has 7 heteroatoms. The Bertz CT molecular complexity index is 822. The van der Waals surface area contributed by atoms with Crippen LogP contribution in [0.15, 0.2) is 48.5 Å². The summed E-state index contributed by atoms with van der Waals surface area (Å²) < 4.78 is 10.7. The number of nitrogens with one attached hydrogen (secondary N) is 1. The zero-order chi connectivity index (χ0) is 20.8. The zero-order valence-electron chi connectivity index (χ0n) is 16.6. The number of urea groups is 1. The lowest BCUT2D eigenvalue weighted by atomic mass is 9.97. The van der Waals surface area contributed by atoms with Crippen molar-refractivity contribution in [3.8, 4) is 11.5 Å². The minimum absolute atomic E-state index is 0.212. The Morgan fingerprint density at radius 3 is 2.17 bits per heavy atom. The van der Waals surface area contributed by atoms with Crippen LogP contribution in [0.4, 0.5) is 4.79 Å². The van der Waals surface area contributed by atoms with Crippen molar-refractivity contribution in [1.82, 2.24) is 10.2 Å². The number of methoxy groups -OCH3 is 2. The molecule has 0 bridgehead atoms. The van der Waals surface area contributed by atoms with Gasteiger partial charge in [0.05, 0.1) is 26.2 Å². The van der Waals surface area contributed by atoms with Crippen molar-refractivity contribution < 1.29 is 24.2 Å². The third-order valence-corrected chi connectivity index (χ3v) is 5.18. The first-order valence-corrected chi connectivity index (χ1v) is 9.58. The van der Waals surface area contributed by atoms with E-state index in [1.165, 1.54) is 0 Å². The molecule has 7 nitrogen and oxygen atoms in total. The predicted molar refractivity (Wildman–Crippen MR) is 108 cm³/mol. The molecule has 1 aliphatic rings. The predicted octanol–water partition coefficient (Wildman–Crippen LogP) is 3.30. The smallest absolute Gasteiger partial charge is 0.318 e. The lowest BCUT2D eigenvalue weighted by molar-refractivity contribution is -0.143. The highest BCUT2D eigenvalue weighted by molar-refractivity contribution is 5.77. The van der Waals surface area contributed by atoms with Crippen molar-refractivity contribution in [3.63, 3.8) is 0 Å². The molecule has 1 saturated heterocycles. The quantitative estimate of drug-likeness (QED) is 0.780. The second kappa shape index (κ2) is 9.32. The Balaban J connectivity index is 1.88. The summed E-state index contributed by atoms with van der Waals surface area (Å²) in [4.78, 5) is 25.9. The Hall–Kier alpha value is -3.22. The molecule has 0 aromatic heterocycles. The summed E-state index contributed by atoms with van der Waals surface area (Å²) in [6, 6.07) is 14.3. The number of piperidine rings is 1. The fourth-order valence-electron chi connectivity index (χ4n) is 3.58. The Morgan fingerprint density at radius 2 is 1.66 bits per heavy atom. The first-order valence-electron chi connectivity index (χ1n) is 9.58. The lowest BCUT2D eigenvalue weighted by Gasteiger charge is -2.32. The van der Waals surface area contributed by atoms with Crippen LogP contribution < -0.4 is 14.8 Å². The monoisotopic (exact) mass is 398 g/mol. The van der Waals surface area contributed by atoms with E-state index in [2.05, 4.69) is 5.32 Å². The van der Waals surface area contributed by atoms with Crippen LogP contribution in [-0.2, 0) is 4.79 Å². The maximum absolute atomic E-state index is 13.0. The number of ether oxygens (including phenoxy) is 2. The molecule has 1 heterocycles. The third kappa shape index (κ3) is 4.99. The van der Waals surface area contributed by atoms with Gasteiger partial charge in [-0.15, -0.1) is 0 Å².